The SMILES string of the molecule is CCCC=C(C)CC[C@H]1C(=O)CCC1/C=C/CCOC.Cc1ccccc1. The van der Waals surface area contributed by atoms with E-state index in [2.05, 4.69) is 51.1 Å². The zero-order valence-corrected chi connectivity index (χ0v) is 17.7. The molecule has 0 aliphatic heterocycles. The number of Topliss-reactive ketones (excluding diaryl/α,β-unsaturated/α-hetero) is 1. The lowest BCUT2D eigenvalue weighted by atomic mass is 9.89. The highest BCUT2D eigenvalue weighted by atomic mass is 16.5. The van der Waals surface area contributed by atoms with Crippen molar-refractivity contribution in [3.63, 3.8) is 0 Å². The van der Waals surface area contributed by atoms with Crippen LogP contribution in [-0.4, -0.2) is 19.5 Å². The summed E-state index contributed by atoms with van der Waals surface area (Å²) < 4.78 is 5.05. The molecule has 0 heterocycles. The van der Waals surface area contributed by atoms with Gasteiger partial charge in [0.25, 0.3) is 0 Å². The standard InChI is InChI=1S/C18H30O2.C7H8/c1-4-5-8-15(2)10-12-17-16(11-13-18(17)19)9-6-7-14-20-3;1-7-5-3-2-4-6-7/h6,8-9,16-17H,4-5,7,10-14H2,1-3H3;2-6H,1H3/b9-6+,15-8?;/t16?,17-;/m1./s1. The zero-order valence-electron chi connectivity index (χ0n) is 17.7. The van der Waals surface area contributed by atoms with Crippen LogP contribution in [0.2, 0.25) is 0 Å². The molecule has 0 amide bonds. The van der Waals surface area contributed by atoms with Crippen LogP contribution in [0.4, 0.5) is 0 Å². The number of methoxy groups -OCH3 is 1. The smallest absolute Gasteiger partial charge is 0.136 e. The quantitative estimate of drug-likeness (QED) is 0.357. The third-order valence-corrected chi connectivity index (χ3v) is 5.10. The molecular weight excluding hydrogens is 332 g/mol. The van der Waals surface area contributed by atoms with Crippen LogP contribution in [0.15, 0.2) is 54.1 Å². The van der Waals surface area contributed by atoms with Gasteiger partial charge in [-0.15, -0.1) is 0 Å². The van der Waals surface area contributed by atoms with Crippen LogP contribution >= 0.6 is 0 Å². The fraction of sp³-hybridized carbons (Fsp3) is 0.560. The number of benzene rings is 1. The maximum Gasteiger partial charge on any atom is 0.136 e. The molecule has 0 N–H and O–H groups in total. The summed E-state index contributed by atoms with van der Waals surface area (Å²) in [6.07, 6.45) is 13.9. The average Bonchev–Trinajstić information content (AvgIpc) is 3.02. The maximum atomic E-state index is 12.0. The van der Waals surface area contributed by atoms with Crippen LogP contribution in [0.3, 0.4) is 0 Å². The lowest BCUT2D eigenvalue weighted by Crippen LogP contribution is -2.13. The Kier molecular flexibility index (Phi) is 12.5. The van der Waals surface area contributed by atoms with Crippen molar-refractivity contribution in [2.75, 3.05) is 13.7 Å². The molecule has 1 saturated carbocycles. The Morgan fingerprint density at radius 1 is 1.22 bits per heavy atom. The molecule has 0 saturated heterocycles. The number of allylic oxidation sites excluding steroid dienone is 3. The second-order valence-corrected chi connectivity index (χ2v) is 7.52. The summed E-state index contributed by atoms with van der Waals surface area (Å²) in [4.78, 5) is 12.0. The molecule has 150 valence electrons. The van der Waals surface area contributed by atoms with Gasteiger partial charge >= 0.3 is 0 Å². The minimum atomic E-state index is 0.249. The minimum Gasteiger partial charge on any atom is -0.384 e. The molecule has 0 aromatic heterocycles. The first-order valence-electron chi connectivity index (χ1n) is 10.4. The molecule has 0 radical (unpaired) electrons. The number of carbonyl (C=O) groups excluding carboxylic acids is 1. The van der Waals surface area contributed by atoms with E-state index in [4.69, 9.17) is 4.74 Å². The number of rotatable bonds is 9. The Hall–Kier alpha value is -1.67. The maximum absolute atomic E-state index is 12.0. The summed E-state index contributed by atoms with van der Waals surface area (Å²) in [7, 11) is 1.72. The molecule has 2 heteroatoms. The van der Waals surface area contributed by atoms with Crippen LogP contribution in [0.5, 0.6) is 0 Å². The summed E-state index contributed by atoms with van der Waals surface area (Å²) in [5.74, 6) is 1.17. The number of hydrogen-bond acceptors (Lipinski definition) is 2. The molecule has 1 aromatic carbocycles. The predicted octanol–water partition coefficient (Wildman–Crippen LogP) is 6.70. The Labute approximate surface area is 166 Å². The lowest BCUT2D eigenvalue weighted by molar-refractivity contribution is -0.121. The number of aryl methyl sites for hydroxylation is 1. The van der Waals surface area contributed by atoms with Gasteiger partial charge in [0.15, 0.2) is 0 Å². The molecule has 1 aromatic rings. The molecule has 2 nitrogen and oxygen atoms in total. The van der Waals surface area contributed by atoms with Crippen molar-refractivity contribution < 1.29 is 9.53 Å². The first kappa shape index (κ1) is 23.4. The summed E-state index contributed by atoms with van der Waals surface area (Å²) >= 11 is 0. The Bertz CT molecular complexity index is 571. The highest BCUT2D eigenvalue weighted by Gasteiger charge is 2.32. The number of ether oxygens (including phenoxy) is 1. The molecule has 27 heavy (non-hydrogen) atoms. The highest BCUT2D eigenvalue weighted by molar-refractivity contribution is 5.83. The van der Waals surface area contributed by atoms with Gasteiger partial charge in [0, 0.05) is 26.1 Å². The van der Waals surface area contributed by atoms with Crippen molar-refractivity contribution in [1.29, 1.82) is 0 Å². The first-order valence-corrected chi connectivity index (χ1v) is 10.4. The molecule has 1 unspecified atom stereocenters. The number of carbonyl (C=O) groups is 1. The topological polar surface area (TPSA) is 26.3 Å². The summed E-state index contributed by atoms with van der Waals surface area (Å²) in [5, 5.41) is 0. The number of ketones is 1. The van der Waals surface area contributed by atoms with E-state index in [1.165, 1.54) is 17.6 Å². The molecule has 1 aliphatic rings. The van der Waals surface area contributed by atoms with Crippen LogP contribution < -0.4 is 0 Å². The number of unbranched alkanes of at least 4 members (excludes halogenated alkanes) is 1. The van der Waals surface area contributed by atoms with E-state index >= 15 is 0 Å². The second-order valence-electron chi connectivity index (χ2n) is 7.52. The van der Waals surface area contributed by atoms with Crippen molar-refractivity contribution in [2.24, 2.45) is 11.8 Å². The van der Waals surface area contributed by atoms with E-state index < -0.39 is 0 Å². The van der Waals surface area contributed by atoms with Crippen molar-refractivity contribution in [3.8, 4) is 0 Å². The normalized spacial score (nSPS) is 20.0. The average molecular weight is 371 g/mol. The van der Waals surface area contributed by atoms with E-state index in [1.807, 2.05) is 18.2 Å². The van der Waals surface area contributed by atoms with Crippen molar-refractivity contribution in [1.82, 2.24) is 0 Å². The van der Waals surface area contributed by atoms with Gasteiger partial charge in [0.1, 0.15) is 5.78 Å². The third-order valence-electron chi connectivity index (χ3n) is 5.10. The van der Waals surface area contributed by atoms with E-state index in [0.717, 1.165) is 45.1 Å². The van der Waals surface area contributed by atoms with Crippen LogP contribution in [0, 0.1) is 18.8 Å². The van der Waals surface area contributed by atoms with E-state index in [1.54, 1.807) is 7.11 Å². The van der Waals surface area contributed by atoms with E-state index in [-0.39, 0.29) is 5.92 Å². The summed E-state index contributed by atoms with van der Waals surface area (Å²) in [5.41, 5.74) is 2.76. The zero-order chi connectivity index (χ0) is 19.9. The van der Waals surface area contributed by atoms with Gasteiger partial charge in [-0.1, -0.05) is 73.0 Å². The van der Waals surface area contributed by atoms with Gasteiger partial charge < -0.3 is 4.74 Å². The highest BCUT2D eigenvalue weighted by Crippen LogP contribution is 2.34. The molecule has 2 atom stereocenters. The second kappa shape index (κ2) is 14.4. The van der Waals surface area contributed by atoms with Gasteiger partial charge in [-0.3, -0.25) is 4.79 Å². The van der Waals surface area contributed by atoms with Gasteiger partial charge in [-0.05, 0) is 51.9 Å². The van der Waals surface area contributed by atoms with Crippen molar-refractivity contribution in [2.45, 2.75) is 65.7 Å². The van der Waals surface area contributed by atoms with Gasteiger partial charge in [0.05, 0.1) is 0 Å². The largest absolute Gasteiger partial charge is 0.384 e. The summed E-state index contributed by atoms with van der Waals surface area (Å²) in [6, 6.07) is 10.3. The molecular formula is C25H38O2. The lowest BCUT2D eigenvalue weighted by Gasteiger charge is -2.15. The van der Waals surface area contributed by atoms with Gasteiger partial charge in [-0.2, -0.15) is 0 Å². The molecule has 1 fully saturated rings. The van der Waals surface area contributed by atoms with Crippen molar-refractivity contribution in [3.05, 3.63) is 59.7 Å². The Balaban J connectivity index is 0.000000433. The van der Waals surface area contributed by atoms with Gasteiger partial charge in [-0.25, -0.2) is 0 Å². The first-order chi connectivity index (χ1) is 13.1. The monoisotopic (exact) mass is 370 g/mol. The number of hydrogen-bond donors (Lipinski definition) is 0. The third kappa shape index (κ3) is 10.3. The van der Waals surface area contributed by atoms with E-state index in [9.17, 15) is 4.79 Å². The molecule has 0 spiro atoms. The van der Waals surface area contributed by atoms with Crippen LogP contribution in [0.25, 0.3) is 0 Å². The van der Waals surface area contributed by atoms with E-state index in [0.29, 0.717) is 11.7 Å². The van der Waals surface area contributed by atoms with Crippen LogP contribution in [0.1, 0.15) is 64.4 Å². The molecule has 0 bridgehead atoms. The fourth-order valence-electron chi connectivity index (χ4n) is 3.41. The Morgan fingerprint density at radius 2 is 1.96 bits per heavy atom. The van der Waals surface area contributed by atoms with Crippen molar-refractivity contribution >= 4 is 5.78 Å². The molecule has 1 aliphatic carbocycles. The predicted molar refractivity (Wildman–Crippen MR) is 116 cm³/mol. The minimum absolute atomic E-state index is 0.249. The fourth-order valence-corrected chi connectivity index (χ4v) is 3.41. The summed E-state index contributed by atoms with van der Waals surface area (Å²) in [6.45, 7) is 7.24. The van der Waals surface area contributed by atoms with Gasteiger partial charge in [0.2, 0.25) is 0 Å². The Morgan fingerprint density at radius 3 is 2.56 bits per heavy atom. The van der Waals surface area contributed by atoms with Crippen LogP contribution in [-0.2, 0) is 9.53 Å². The molecule has 2 rings (SSSR count).